The van der Waals surface area contributed by atoms with Crippen LogP contribution >= 0.6 is 0 Å². The van der Waals surface area contributed by atoms with Crippen LogP contribution in [0.15, 0.2) is 24.3 Å². The standard InChI is InChI=1S/C17H27NO/c1-14(2)15-7-9-16(10-8-15)17(19)13-18-11-5-3-4-6-12-18/h7-10,14,17,19H,3-6,11-13H2,1-2H3. The minimum Gasteiger partial charge on any atom is -0.387 e. The lowest BCUT2D eigenvalue weighted by atomic mass is 10.00. The molecule has 1 heterocycles. The van der Waals surface area contributed by atoms with Crippen molar-refractivity contribution in [2.75, 3.05) is 19.6 Å². The van der Waals surface area contributed by atoms with Gasteiger partial charge >= 0.3 is 0 Å². The minimum atomic E-state index is -0.348. The lowest BCUT2D eigenvalue weighted by Crippen LogP contribution is -2.29. The molecular weight excluding hydrogens is 234 g/mol. The maximum absolute atomic E-state index is 10.4. The lowest BCUT2D eigenvalue weighted by molar-refractivity contribution is 0.115. The second kappa shape index (κ2) is 7.06. The van der Waals surface area contributed by atoms with Crippen LogP contribution in [-0.4, -0.2) is 29.6 Å². The van der Waals surface area contributed by atoms with Gasteiger partial charge in [-0.2, -0.15) is 0 Å². The summed E-state index contributed by atoms with van der Waals surface area (Å²) in [6.45, 7) is 7.45. The Morgan fingerprint density at radius 1 is 0.947 bits per heavy atom. The Kier molecular flexibility index (Phi) is 5.41. The molecule has 0 spiro atoms. The second-order valence-corrected chi connectivity index (χ2v) is 6.05. The summed E-state index contributed by atoms with van der Waals surface area (Å²) in [6.07, 6.45) is 4.89. The molecule has 2 nitrogen and oxygen atoms in total. The summed E-state index contributed by atoms with van der Waals surface area (Å²) >= 11 is 0. The maximum Gasteiger partial charge on any atom is 0.0916 e. The monoisotopic (exact) mass is 261 g/mol. The van der Waals surface area contributed by atoms with Crippen molar-refractivity contribution >= 4 is 0 Å². The van der Waals surface area contributed by atoms with E-state index >= 15 is 0 Å². The third-order valence-electron chi connectivity index (χ3n) is 4.12. The Hall–Kier alpha value is -0.860. The summed E-state index contributed by atoms with van der Waals surface area (Å²) in [5.41, 5.74) is 2.39. The summed E-state index contributed by atoms with van der Waals surface area (Å²) in [5, 5.41) is 10.4. The van der Waals surface area contributed by atoms with Gasteiger partial charge in [0.25, 0.3) is 0 Å². The van der Waals surface area contributed by atoms with Crippen LogP contribution in [0, 0.1) is 0 Å². The van der Waals surface area contributed by atoms with Gasteiger partial charge in [0.1, 0.15) is 0 Å². The van der Waals surface area contributed by atoms with E-state index in [1.54, 1.807) is 0 Å². The first-order valence-electron chi connectivity index (χ1n) is 7.67. The van der Waals surface area contributed by atoms with E-state index in [2.05, 4.69) is 43.0 Å². The predicted octanol–water partition coefficient (Wildman–Crippen LogP) is 3.72. The van der Waals surface area contributed by atoms with Gasteiger partial charge in [-0.1, -0.05) is 51.0 Å². The van der Waals surface area contributed by atoms with Crippen molar-refractivity contribution in [1.82, 2.24) is 4.90 Å². The molecule has 2 heteroatoms. The third-order valence-corrected chi connectivity index (χ3v) is 4.12. The van der Waals surface area contributed by atoms with Gasteiger partial charge in [0.05, 0.1) is 6.10 Å². The first kappa shape index (κ1) is 14.5. The zero-order valence-electron chi connectivity index (χ0n) is 12.3. The van der Waals surface area contributed by atoms with Gasteiger partial charge in [0.15, 0.2) is 0 Å². The topological polar surface area (TPSA) is 23.5 Å². The van der Waals surface area contributed by atoms with Crippen molar-refractivity contribution in [2.45, 2.75) is 51.6 Å². The van der Waals surface area contributed by atoms with Crippen molar-refractivity contribution < 1.29 is 5.11 Å². The van der Waals surface area contributed by atoms with E-state index in [4.69, 9.17) is 0 Å². The molecule has 1 aliphatic heterocycles. The molecule has 1 aromatic rings. The lowest BCUT2D eigenvalue weighted by Gasteiger charge is -2.23. The molecule has 1 atom stereocenters. The Bertz CT molecular complexity index is 363. The molecule has 2 rings (SSSR count). The Morgan fingerprint density at radius 2 is 1.47 bits per heavy atom. The molecule has 0 aliphatic carbocycles. The fourth-order valence-corrected chi connectivity index (χ4v) is 2.77. The van der Waals surface area contributed by atoms with Crippen molar-refractivity contribution in [3.63, 3.8) is 0 Å². The minimum absolute atomic E-state index is 0.348. The van der Waals surface area contributed by atoms with Crippen LogP contribution < -0.4 is 0 Å². The highest BCUT2D eigenvalue weighted by Crippen LogP contribution is 2.20. The van der Waals surface area contributed by atoms with Gasteiger partial charge in [-0.05, 0) is 43.0 Å². The SMILES string of the molecule is CC(C)c1ccc(C(O)CN2CCCCCC2)cc1. The molecule has 1 fully saturated rings. The van der Waals surface area contributed by atoms with E-state index in [0.29, 0.717) is 5.92 Å². The van der Waals surface area contributed by atoms with E-state index in [1.807, 2.05) is 0 Å². The number of rotatable bonds is 4. The van der Waals surface area contributed by atoms with Crippen molar-refractivity contribution in [1.29, 1.82) is 0 Å². The third kappa shape index (κ3) is 4.32. The number of hydrogen-bond acceptors (Lipinski definition) is 2. The summed E-state index contributed by atoms with van der Waals surface area (Å²) in [4.78, 5) is 2.41. The highest BCUT2D eigenvalue weighted by atomic mass is 16.3. The number of benzene rings is 1. The summed E-state index contributed by atoms with van der Waals surface area (Å²) < 4.78 is 0. The van der Waals surface area contributed by atoms with Crippen LogP contribution in [0.25, 0.3) is 0 Å². The summed E-state index contributed by atoms with van der Waals surface area (Å²) in [5.74, 6) is 0.553. The fraction of sp³-hybridized carbons (Fsp3) is 0.647. The smallest absolute Gasteiger partial charge is 0.0916 e. The molecule has 1 saturated heterocycles. The summed E-state index contributed by atoms with van der Waals surface area (Å²) in [6, 6.07) is 8.45. The fourth-order valence-electron chi connectivity index (χ4n) is 2.77. The highest BCUT2D eigenvalue weighted by molar-refractivity contribution is 5.26. The second-order valence-electron chi connectivity index (χ2n) is 6.05. The van der Waals surface area contributed by atoms with Gasteiger partial charge in [0.2, 0.25) is 0 Å². The van der Waals surface area contributed by atoms with E-state index in [0.717, 1.165) is 25.2 Å². The van der Waals surface area contributed by atoms with Crippen LogP contribution in [0.5, 0.6) is 0 Å². The molecule has 19 heavy (non-hydrogen) atoms. The predicted molar refractivity (Wildman–Crippen MR) is 80.4 cm³/mol. The number of likely N-dealkylation sites (tertiary alicyclic amines) is 1. The van der Waals surface area contributed by atoms with Crippen LogP contribution in [0.3, 0.4) is 0 Å². The quantitative estimate of drug-likeness (QED) is 0.893. The van der Waals surface area contributed by atoms with Gasteiger partial charge in [-0.25, -0.2) is 0 Å². The van der Waals surface area contributed by atoms with Crippen molar-refractivity contribution in [2.24, 2.45) is 0 Å². The Morgan fingerprint density at radius 3 is 2.00 bits per heavy atom. The molecular formula is C17H27NO. The Balaban J connectivity index is 1.92. The van der Waals surface area contributed by atoms with E-state index in [-0.39, 0.29) is 6.10 Å². The molecule has 0 bridgehead atoms. The molecule has 106 valence electrons. The van der Waals surface area contributed by atoms with Gasteiger partial charge < -0.3 is 10.0 Å². The average molecular weight is 261 g/mol. The van der Waals surface area contributed by atoms with Gasteiger partial charge in [-0.15, -0.1) is 0 Å². The average Bonchev–Trinajstić information content (AvgIpc) is 2.67. The van der Waals surface area contributed by atoms with E-state index in [9.17, 15) is 5.11 Å². The molecule has 0 saturated carbocycles. The first-order chi connectivity index (χ1) is 9.16. The highest BCUT2D eigenvalue weighted by Gasteiger charge is 2.15. The number of aliphatic hydroxyl groups excluding tert-OH is 1. The van der Waals surface area contributed by atoms with Crippen molar-refractivity contribution in [3.8, 4) is 0 Å². The number of hydrogen-bond donors (Lipinski definition) is 1. The largest absolute Gasteiger partial charge is 0.387 e. The molecule has 0 amide bonds. The van der Waals surface area contributed by atoms with Crippen LogP contribution in [0.1, 0.15) is 62.7 Å². The number of β-amino-alcohol motifs (C(OH)–C–C–N with tert-alkyl or cyclic N) is 1. The zero-order chi connectivity index (χ0) is 13.7. The zero-order valence-corrected chi connectivity index (χ0v) is 12.3. The van der Waals surface area contributed by atoms with E-state index < -0.39 is 0 Å². The molecule has 0 radical (unpaired) electrons. The number of aliphatic hydroxyl groups is 1. The summed E-state index contributed by atoms with van der Waals surface area (Å²) in [7, 11) is 0. The first-order valence-corrected chi connectivity index (χ1v) is 7.67. The van der Waals surface area contributed by atoms with Gasteiger partial charge in [-0.3, -0.25) is 0 Å². The molecule has 1 aromatic carbocycles. The van der Waals surface area contributed by atoms with E-state index in [1.165, 1.54) is 31.2 Å². The molecule has 1 aliphatic rings. The molecule has 1 N–H and O–H groups in total. The van der Waals surface area contributed by atoms with Crippen LogP contribution in [0.2, 0.25) is 0 Å². The van der Waals surface area contributed by atoms with Crippen LogP contribution in [0.4, 0.5) is 0 Å². The van der Waals surface area contributed by atoms with Gasteiger partial charge in [0, 0.05) is 6.54 Å². The van der Waals surface area contributed by atoms with Crippen molar-refractivity contribution in [3.05, 3.63) is 35.4 Å². The van der Waals surface area contributed by atoms with Crippen LogP contribution in [-0.2, 0) is 0 Å². The molecule has 1 unspecified atom stereocenters. The Labute approximate surface area is 117 Å². The normalized spacial score (nSPS) is 19.4. The maximum atomic E-state index is 10.4. The molecule has 0 aromatic heterocycles. The number of nitrogens with zero attached hydrogens (tertiary/aromatic N) is 1.